The first-order valence-electron chi connectivity index (χ1n) is 10.5. The molecule has 0 spiro atoms. The Morgan fingerprint density at radius 2 is 1.21 bits per heavy atom. The van der Waals surface area contributed by atoms with Crippen LogP contribution in [0.25, 0.3) is 11.1 Å². The predicted molar refractivity (Wildman–Crippen MR) is 116 cm³/mol. The summed E-state index contributed by atoms with van der Waals surface area (Å²) in [7, 11) is 4.96. The molecule has 0 aromatic heterocycles. The van der Waals surface area contributed by atoms with Crippen molar-refractivity contribution in [2.75, 3.05) is 21.3 Å². The minimum atomic E-state index is -1.06. The fourth-order valence-electron chi connectivity index (χ4n) is 3.89. The summed E-state index contributed by atoms with van der Waals surface area (Å²) in [5.41, 5.74) is 3.61. The Labute approximate surface area is 171 Å². The van der Waals surface area contributed by atoms with Crippen molar-refractivity contribution in [2.45, 2.75) is 63.8 Å². The highest BCUT2D eigenvalue weighted by molar-refractivity contribution is 5.63. The van der Waals surface area contributed by atoms with Crippen LogP contribution in [0, 0.1) is 0 Å². The van der Waals surface area contributed by atoms with E-state index in [-0.39, 0.29) is 5.92 Å². The first-order valence-corrected chi connectivity index (χ1v) is 10.5. The van der Waals surface area contributed by atoms with Crippen molar-refractivity contribution < 1.29 is 14.2 Å². The number of hydrogen-bond donors (Lipinski definition) is 0. The lowest BCUT2D eigenvalue weighted by Gasteiger charge is -2.36. The summed E-state index contributed by atoms with van der Waals surface area (Å²) in [5, 5.41) is 0. The number of methoxy groups -OCH3 is 3. The normalized spacial score (nSPS) is 12.9. The predicted octanol–water partition coefficient (Wildman–Crippen LogP) is 6.78. The smallest absolute Gasteiger partial charge is 0.289 e. The van der Waals surface area contributed by atoms with Gasteiger partial charge in [0.2, 0.25) is 0 Å². The van der Waals surface area contributed by atoms with Gasteiger partial charge < -0.3 is 14.2 Å². The minimum absolute atomic E-state index is 0.0171. The molecule has 1 atom stereocenters. The molecule has 154 valence electrons. The van der Waals surface area contributed by atoms with Crippen LogP contribution in [0.1, 0.15) is 63.4 Å². The summed E-state index contributed by atoms with van der Waals surface area (Å²) in [6.45, 7) is 2.25. The number of benzene rings is 2. The van der Waals surface area contributed by atoms with Gasteiger partial charge in [-0.3, -0.25) is 0 Å². The van der Waals surface area contributed by atoms with Gasteiger partial charge in [-0.1, -0.05) is 100 Å². The van der Waals surface area contributed by atoms with Gasteiger partial charge >= 0.3 is 0 Å². The van der Waals surface area contributed by atoms with Gasteiger partial charge in [0, 0.05) is 21.3 Å². The van der Waals surface area contributed by atoms with Crippen molar-refractivity contribution in [1.82, 2.24) is 0 Å². The average Bonchev–Trinajstić information content (AvgIpc) is 2.77. The molecule has 0 aliphatic heterocycles. The number of hydrogen-bond acceptors (Lipinski definition) is 3. The van der Waals surface area contributed by atoms with Gasteiger partial charge in [0.25, 0.3) is 5.97 Å². The van der Waals surface area contributed by atoms with Gasteiger partial charge in [-0.2, -0.15) is 0 Å². The molecular formula is C25H36O3. The van der Waals surface area contributed by atoms with Crippen molar-refractivity contribution in [3.05, 3.63) is 60.2 Å². The monoisotopic (exact) mass is 384 g/mol. The van der Waals surface area contributed by atoms with E-state index in [2.05, 4.69) is 55.5 Å². The molecule has 3 heteroatoms. The third kappa shape index (κ3) is 5.91. The molecule has 28 heavy (non-hydrogen) atoms. The molecule has 3 nitrogen and oxygen atoms in total. The lowest BCUT2D eigenvalue weighted by Crippen LogP contribution is -2.42. The molecule has 0 saturated heterocycles. The van der Waals surface area contributed by atoms with Crippen LogP contribution >= 0.6 is 0 Å². The first kappa shape index (κ1) is 22.6. The molecule has 2 aromatic rings. The number of unbranched alkanes of at least 4 members (excludes halogenated alkanes) is 5. The van der Waals surface area contributed by atoms with Gasteiger partial charge in [-0.15, -0.1) is 0 Å². The van der Waals surface area contributed by atoms with Crippen molar-refractivity contribution in [1.29, 1.82) is 0 Å². The molecule has 0 bridgehead atoms. The Kier molecular flexibility index (Phi) is 9.69. The minimum Gasteiger partial charge on any atom is -0.330 e. The second-order valence-electron chi connectivity index (χ2n) is 7.31. The van der Waals surface area contributed by atoms with Gasteiger partial charge in [0.1, 0.15) is 0 Å². The maximum atomic E-state index is 5.72. The Balaban J connectivity index is 2.15. The third-order valence-corrected chi connectivity index (χ3v) is 5.55. The molecule has 1 unspecified atom stereocenters. The quantitative estimate of drug-likeness (QED) is 0.281. The van der Waals surface area contributed by atoms with E-state index in [1.165, 1.54) is 48.8 Å². The van der Waals surface area contributed by atoms with E-state index in [0.29, 0.717) is 0 Å². The van der Waals surface area contributed by atoms with E-state index in [9.17, 15) is 0 Å². The SMILES string of the molecule is CCCCCCCCC(c1ccc(-c2ccccc2)cc1)C(OC)(OC)OC. The first-order chi connectivity index (χ1) is 13.7. The van der Waals surface area contributed by atoms with Crippen LogP contribution in [-0.2, 0) is 14.2 Å². The Morgan fingerprint density at radius 3 is 1.79 bits per heavy atom. The summed E-state index contributed by atoms with van der Waals surface area (Å²) in [6.07, 6.45) is 8.52. The third-order valence-electron chi connectivity index (χ3n) is 5.55. The summed E-state index contributed by atoms with van der Waals surface area (Å²) in [5.74, 6) is -1.04. The fraction of sp³-hybridized carbons (Fsp3) is 0.520. The molecule has 2 aromatic carbocycles. The Bertz CT molecular complexity index is 639. The van der Waals surface area contributed by atoms with Gasteiger partial charge in [-0.05, 0) is 23.1 Å². The zero-order valence-corrected chi connectivity index (χ0v) is 17.9. The molecule has 0 fully saturated rings. The highest BCUT2D eigenvalue weighted by Gasteiger charge is 2.40. The average molecular weight is 385 g/mol. The summed E-state index contributed by atoms with van der Waals surface area (Å²) in [4.78, 5) is 0. The molecule has 0 saturated carbocycles. The molecule has 0 radical (unpaired) electrons. The maximum Gasteiger partial charge on any atom is 0.289 e. The number of ether oxygens (including phenoxy) is 3. The van der Waals surface area contributed by atoms with Crippen LogP contribution in [0.3, 0.4) is 0 Å². The van der Waals surface area contributed by atoms with Crippen molar-refractivity contribution in [3.63, 3.8) is 0 Å². The Morgan fingerprint density at radius 1 is 0.679 bits per heavy atom. The zero-order valence-electron chi connectivity index (χ0n) is 17.9. The second kappa shape index (κ2) is 12.0. The zero-order chi connectivity index (χ0) is 20.2. The van der Waals surface area contributed by atoms with E-state index < -0.39 is 5.97 Å². The van der Waals surface area contributed by atoms with Crippen molar-refractivity contribution in [3.8, 4) is 11.1 Å². The fourth-order valence-corrected chi connectivity index (χ4v) is 3.89. The molecule has 0 N–H and O–H groups in total. The molecular weight excluding hydrogens is 348 g/mol. The van der Waals surface area contributed by atoms with E-state index in [1.807, 2.05) is 6.07 Å². The lowest BCUT2D eigenvalue weighted by atomic mass is 9.89. The molecule has 2 rings (SSSR count). The molecule has 0 aliphatic rings. The van der Waals surface area contributed by atoms with E-state index in [1.54, 1.807) is 21.3 Å². The highest BCUT2D eigenvalue weighted by Crippen LogP contribution is 2.38. The number of rotatable bonds is 13. The molecule has 0 amide bonds. The van der Waals surface area contributed by atoms with Gasteiger partial charge in [-0.25, -0.2) is 0 Å². The lowest BCUT2D eigenvalue weighted by molar-refractivity contribution is -0.365. The Hall–Kier alpha value is -1.68. The highest BCUT2D eigenvalue weighted by atomic mass is 16.9. The maximum absolute atomic E-state index is 5.72. The second-order valence-corrected chi connectivity index (χ2v) is 7.31. The van der Waals surface area contributed by atoms with E-state index in [4.69, 9.17) is 14.2 Å². The van der Waals surface area contributed by atoms with Crippen molar-refractivity contribution in [2.24, 2.45) is 0 Å². The summed E-state index contributed by atoms with van der Waals surface area (Å²) < 4.78 is 17.2. The van der Waals surface area contributed by atoms with Gasteiger partial charge in [0.05, 0.1) is 5.92 Å². The molecule has 0 aliphatic carbocycles. The standard InChI is InChI=1S/C25H36O3/c1-5-6-7-8-9-13-16-24(25(26-2,27-3)28-4)23-19-17-22(18-20-23)21-14-11-10-12-15-21/h10-12,14-15,17-20,24H,5-9,13,16H2,1-4H3. The largest absolute Gasteiger partial charge is 0.330 e. The topological polar surface area (TPSA) is 27.7 Å². The van der Waals surface area contributed by atoms with Gasteiger partial charge in [0.15, 0.2) is 0 Å². The van der Waals surface area contributed by atoms with E-state index in [0.717, 1.165) is 12.8 Å². The summed E-state index contributed by atoms with van der Waals surface area (Å²) in [6, 6.07) is 19.1. The van der Waals surface area contributed by atoms with Crippen molar-refractivity contribution >= 4 is 0 Å². The van der Waals surface area contributed by atoms with Crippen LogP contribution in [0.5, 0.6) is 0 Å². The summed E-state index contributed by atoms with van der Waals surface area (Å²) >= 11 is 0. The van der Waals surface area contributed by atoms with Crippen LogP contribution in [0.2, 0.25) is 0 Å². The van der Waals surface area contributed by atoms with Crippen LogP contribution < -0.4 is 0 Å². The van der Waals surface area contributed by atoms with Crippen LogP contribution in [-0.4, -0.2) is 27.3 Å². The molecule has 0 heterocycles. The van der Waals surface area contributed by atoms with Crippen LogP contribution in [0.4, 0.5) is 0 Å². The van der Waals surface area contributed by atoms with Crippen LogP contribution in [0.15, 0.2) is 54.6 Å². The van der Waals surface area contributed by atoms with E-state index >= 15 is 0 Å².